The third-order valence-corrected chi connectivity index (χ3v) is 6.40. The Kier molecular flexibility index (Phi) is 5.80. The average molecular weight is 305 g/mol. The quantitative estimate of drug-likeness (QED) is 0.799. The molecular formula is C13H27N3O3S. The summed E-state index contributed by atoms with van der Waals surface area (Å²) in [6.45, 7) is 4.87. The molecule has 0 aromatic carbocycles. The highest BCUT2D eigenvalue weighted by Gasteiger charge is 2.40. The lowest BCUT2D eigenvalue weighted by molar-refractivity contribution is 0.0270. The summed E-state index contributed by atoms with van der Waals surface area (Å²) in [6, 6.07) is 0.0602. The van der Waals surface area contributed by atoms with Crippen LogP contribution in [0.25, 0.3) is 0 Å². The summed E-state index contributed by atoms with van der Waals surface area (Å²) in [5, 5.41) is 3.12. The molecule has 2 aliphatic heterocycles. The van der Waals surface area contributed by atoms with Gasteiger partial charge in [0.15, 0.2) is 0 Å². The van der Waals surface area contributed by atoms with E-state index in [0.29, 0.717) is 26.3 Å². The van der Waals surface area contributed by atoms with Crippen LogP contribution in [0.15, 0.2) is 0 Å². The Hall–Kier alpha value is -0.210. The first-order chi connectivity index (χ1) is 9.61. The number of rotatable bonds is 5. The molecule has 2 aliphatic rings. The molecule has 0 aromatic rings. The second-order valence-corrected chi connectivity index (χ2v) is 7.41. The SMILES string of the molecule is CCC1COCCN1S(=O)(=O)N1CCCCC1CNC. The Labute approximate surface area is 122 Å². The fourth-order valence-corrected chi connectivity index (χ4v) is 5.19. The van der Waals surface area contributed by atoms with Gasteiger partial charge >= 0.3 is 0 Å². The fraction of sp³-hybridized carbons (Fsp3) is 1.00. The maximum absolute atomic E-state index is 13.0. The highest BCUT2D eigenvalue weighted by atomic mass is 32.2. The standard InChI is InChI=1S/C13H27N3O3S/c1-3-12-11-19-9-8-16(12)20(17,18)15-7-5-4-6-13(15)10-14-2/h12-14H,3-11H2,1-2H3. The van der Waals surface area contributed by atoms with Gasteiger partial charge < -0.3 is 10.1 Å². The summed E-state index contributed by atoms with van der Waals surface area (Å²) < 4.78 is 34.7. The molecule has 7 heteroatoms. The van der Waals surface area contributed by atoms with Crippen LogP contribution in [0.1, 0.15) is 32.6 Å². The first-order valence-electron chi connectivity index (χ1n) is 7.62. The number of piperidine rings is 1. The van der Waals surface area contributed by atoms with E-state index in [1.807, 2.05) is 14.0 Å². The van der Waals surface area contributed by atoms with Crippen LogP contribution >= 0.6 is 0 Å². The van der Waals surface area contributed by atoms with Gasteiger partial charge in [0.1, 0.15) is 0 Å². The van der Waals surface area contributed by atoms with E-state index in [2.05, 4.69) is 5.32 Å². The molecule has 0 bridgehead atoms. The Morgan fingerprint density at radius 3 is 2.65 bits per heavy atom. The molecule has 2 fully saturated rings. The van der Waals surface area contributed by atoms with Gasteiger partial charge in [0.2, 0.25) is 0 Å². The molecule has 0 spiro atoms. The highest BCUT2D eigenvalue weighted by molar-refractivity contribution is 7.86. The van der Waals surface area contributed by atoms with E-state index in [1.54, 1.807) is 8.61 Å². The van der Waals surface area contributed by atoms with Crippen LogP contribution in [-0.2, 0) is 14.9 Å². The lowest BCUT2D eigenvalue weighted by Crippen LogP contribution is -2.58. The van der Waals surface area contributed by atoms with E-state index in [9.17, 15) is 8.42 Å². The van der Waals surface area contributed by atoms with Gasteiger partial charge in [-0.1, -0.05) is 13.3 Å². The van der Waals surface area contributed by atoms with Crippen molar-refractivity contribution in [2.75, 3.05) is 39.9 Å². The monoisotopic (exact) mass is 305 g/mol. The van der Waals surface area contributed by atoms with Gasteiger partial charge in [0, 0.05) is 31.7 Å². The summed E-state index contributed by atoms with van der Waals surface area (Å²) in [5.41, 5.74) is 0. The summed E-state index contributed by atoms with van der Waals surface area (Å²) in [4.78, 5) is 0. The van der Waals surface area contributed by atoms with E-state index in [1.165, 1.54) is 0 Å². The van der Waals surface area contributed by atoms with Gasteiger partial charge in [-0.2, -0.15) is 17.0 Å². The van der Waals surface area contributed by atoms with E-state index in [-0.39, 0.29) is 12.1 Å². The van der Waals surface area contributed by atoms with Gasteiger partial charge in [0.25, 0.3) is 10.2 Å². The van der Waals surface area contributed by atoms with Crippen LogP contribution in [0.3, 0.4) is 0 Å². The van der Waals surface area contributed by atoms with Crippen LogP contribution in [-0.4, -0.2) is 69.0 Å². The number of morpholine rings is 1. The molecule has 0 aliphatic carbocycles. The third-order valence-electron chi connectivity index (χ3n) is 4.25. The third kappa shape index (κ3) is 3.33. The zero-order valence-electron chi connectivity index (χ0n) is 12.5. The zero-order valence-corrected chi connectivity index (χ0v) is 13.4. The number of hydrogen-bond donors (Lipinski definition) is 1. The number of ether oxygens (including phenoxy) is 1. The maximum atomic E-state index is 13.0. The minimum Gasteiger partial charge on any atom is -0.378 e. The molecule has 20 heavy (non-hydrogen) atoms. The molecule has 1 N–H and O–H groups in total. The molecule has 2 rings (SSSR count). The predicted molar refractivity (Wildman–Crippen MR) is 78.8 cm³/mol. The van der Waals surface area contributed by atoms with Crippen LogP contribution < -0.4 is 5.32 Å². The Balaban J connectivity index is 2.18. The molecule has 6 nitrogen and oxygen atoms in total. The van der Waals surface area contributed by atoms with Crippen LogP contribution in [0, 0.1) is 0 Å². The van der Waals surface area contributed by atoms with Gasteiger partial charge in [-0.15, -0.1) is 0 Å². The molecule has 2 unspecified atom stereocenters. The van der Waals surface area contributed by atoms with Gasteiger partial charge in [-0.3, -0.25) is 0 Å². The van der Waals surface area contributed by atoms with Crippen molar-refractivity contribution in [3.05, 3.63) is 0 Å². The number of hydrogen-bond acceptors (Lipinski definition) is 4. The van der Waals surface area contributed by atoms with Crippen LogP contribution in [0.5, 0.6) is 0 Å². The Morgan fingerprint density at radius 1 is 1.20 bits per heavy atom. The van der Waals surface area contributed by atoms with Crippen molar-refractivity contribution >= 4 is 10.2 Å². The molecule has 0 saturated carbocycles. The highest BCUT2D eigenvalue weighted by Crippen LogP contribution is 2.25. The van der Waals surface area contributed by atoms with E-state index < -0.39 is 10.2 Å². The maximum Gasteiger partial charge on any atom is 0.282 e. The number of nitrogens with zero attached hydrogens (tertiary/aromatic N) is 2. The van der Waals surface area contributed by atoms with Crippen molar-refractivity contribution < 1.29 is 13.2 Å². The second-order valence-electron chi connectivity index (χ2n) is 5.57. The summed E-state index contributed by atoms with van der Waals surface area (Å²) in [7, 11) is -1.49. The van der Waals surface area contributed by atoms with Gasteiger partial charge in [-0.05, 0) is 26.3 Å². The average Bonchev–Trinajstić information content (AvgIpc) is 2.48. The summed E-state index contributed by atoms with van der Waals surface area (Å²) in [6.07, 6.45) is 3.81. The number of likely N-dealkylation sites (N-methyl/N-ethyl adjacent to an activating group) is 1. The van der Waals surface area contributed by atoms with Crippen molar-refractivity contribution in [2.45, 2.75) is 44.7 Å². The molecule has 2 saturated heterocycles. The molecule has 0 radical (unpaired) electrons. The normalized spacial score (nSPS) is 30.5. The molecular weight excluding hydrogens is 278 g/mol. The molecule has 2 atom stereocenters. The first-order valence-corrected chi connectivity index (χ1v) is 9.02. The van der Waals surface area contributed by atoms with Crippen LogP contribution in [0.2, 0.25) is 0 Å². The van der Waals surface area contributed by atoms with E-state index >= 15 is 0 Å². The molecule has 0 amide bonds. The fourth-order valence-electron chi connectivity index (χ4n) is 3.12. The van der Waals surface area contributed by atoms with Crippen molar-refractivity contribution in [2.24, 2.45) is 0 Å². The van der Waals surface area contributed by atoms with E-state index in [0.717, 1.165) is 32.2 Å². The van der Waals surface area contributed by atoms with Gasteiger partial charge in [-0.25, -0.2) is 0 Å². The van der Waals surface area contributed by atoms with Crippen LogP contribution in [0.4, 0.5) is 0 Å². The molecule has 0 aromatic heterocycles. The van der Waals surface area contributed by atoms with Crippen molar-refractivity contribution in [1.29, 1.82) is 0 Å². The summed E-state index contributed by atoms with van der Waals surface area (Å²) in [5.74, 6) is 0. The summed E-state index contributed by atoms with van der Waals surface area (Å²) >= 11 is 0. The lowest BCUT2D eigenvalue weighted by Gasteiger charge is -2.41. The molecule has 2 heterocycles. The minimum absolute atomic E-state index is 0.0223. The zero-order chi connectivity index (χ0) is 14.6. The van der Waals surface area contributed by atoms with Crippen molar-refractivity contribution in [3.63, 3.8) is 0 Å². The topological polar surface area (TPSA) is 61.9 Å². The largest absolute Gasteiger partial charge is 0.378 e. The van der Waals surface area contributed by atoms with Crippen molar-refractivity contribution in [3.8, 4) is 0 Å². The Bertz CT molecular complexity index is 400. The number of nitrogens with one attached hydrogen (secondary N) is 1. The first kappa shape index (κ1) is 16.2. The Morgan fingerprint density at radius 2 is 1.95 bits per heavy atom. The van der Waals surface area contributed by atoms with Gasteiger partial charge in [0.05, 0.1) is 13.2 Å². The predicted octanol–water partition coefficient (Wildman–Crippen LogP) is 0.416. The van der Waals surface area contributed by atoms with E-state index in [4.69, 9.17) is 4.74 Å². The smallest absolute Gasteiger partial charge is 0.282 e. The molecule has 118 valence electrons. The van der Waals surface area contributed by atoms with Crippen molar-refractivity contribution in [1.82, 2.24) is 13.9 Å². The second kappa shape index (κ2) is 7.17. The lowest BCUT2D eigenvalue weighted by atomic mass is 10.1. The minimum atomic E-state index is -3.37.